The first kappa shape index (κ1) is 19.0. The minimum atomic E-state index is -0.329. The fraction of sp³-hybridized carbons (Fsp3) is 0.417. The molecule has 6 heteroatoms. The van der Waals surface area contributed by atoms with Crippen LogP contribution < -0.4 is 19.7 Å². The van der Waals surface area contributed by atoms with Gasteiger partial charge in [0.05, 0.1) is 5.92 Å². The van der Waals surface area contributed by atoms with Gasteiger partial charge < -0.3 is 19.7 Å². The third-order valence-corrected chi connectivity index (χ3v) is 6.35. The van der Waals surface area contributed by atoms with Crippen LogP contribution in [0.1, 0.15) is 36.3 Å². The summed E-state index contributed by atoms with van der Waals surface area (Å²) in [6.45, 7) is 2.05. The van der Waals surface area contributed by atoms with Crippen LogP contribution in [0.3, 0.4) is 0 Å². The molecule has 0 radical (unpaired) electrons. The normalized spacial score (nSPS) is 22.5. The molecule has 2 aromatic carbocycles. The van der Waals surface area contributed by atoms with Crippen molar-refractivity contribution in [1.82, 2.24) is 5.32 Å². The van der Waals surface area contributed by atoms with Crippen LogP contribution in [0.4, 0.5) is 5.69 Å². The Bertz CT molecular complexity index is 973. The average molecular weight is 406 g/mol. The maximum Gasteiger partial charge on any atom is 0.227 e. The lowest BCUT2D eigenvalue weighted by Gasteiger charge is -2.26. The molecule has 1 N–H and O–H groups in total. The Morgan fingerprint density at radius 3 is 2.83 bits per heavy atom. The molecular weight excluding hydrogens is 380 g/mol. The Kier molecular flexibility index (Phi) is 5.07. The van der Waals surface area contributed by atoms with Gasteiger partial charge >= 0.3 is 0 Å². The van der Waals surface area contributed by atoms with E-state index in [0.29, 0.717) is 43.7 Å². The summed E-state index contributed by atoms with van der Waals surface area (Å²) in [5.74, 6) is 1.30. The number of carbonyl (C=O) groups is 2. The van der Waals surface area contributed by atoms with E-state index in [1.54, 1.807) is 4.90 Å². The van der Waals surface area contributed by atoms with Gasteiger partial charge in [-0.3, -0.25) is 9.59 Å². The first-order valence-electron chi connectivity index (χ1n) is 10.7. The van der Waals surface area contributed by atoms with Gasteiger partial charge in [-0.25, -0.2) is 0 Å². The highest BCUT2D eigenvalue weighted by molar-refractivity contribution is 6.00. The Morgan fingerprint density at radius 1 is 1.10 bits per heavy atom. The second-order valence-electron chi connectivity index (χ2n) is 8.27. The summed E-state index contributed by atoms with van der Waals surface area (Å²) in [6.07, 6.45) is 3.59. The quantitative estimate of drug-likeness (QED) is 0.848. The lowest BCUT2D eigenvalue weighted by Crippen LogP contribution is -2.36. The van der Waals surface area contributed by atoms with Gasteiger partial charge in [-0.05, 0) is 42.5 Å². The average Bonchev–Trinajstić information content (AvgIpc) is 3.19. The number of hydrogen-bond acceptors (Lipinski definition) is 4. The molecule has 0 bridgehead atoms. The second-order valence-corrected chi connectivity index (χ2v) is 8.27. The predicted molar refractivity (Wildman–Crippen MR) is 113 cm³/mol. The molecule has 1 saturated heterocycles. The largest absolute Gasteiger partial charge is 0.486 e. The van der Waals surface area contributed by atoms with Gasteiger partial charge in [-0.1, -0.05) is 24.3 Å². The molecule has 2 amide bonds. The zero-order valence-corrected chi connectivity index (χ0v) is 16.9. The van der Waals surface area contributed by atoms with E-state index in [1.165, 1.54) is 11.1 Å². The van der Waals surface area contributed by atoms with E-state index in [4.69, 9.17) is 9.47 Å². The second kappa shape index (κ2) is 8.01. The summed E-state index contributed by atoms with van der Waals surface area (Å²) in [5.41, 5.74) is 3.49. The summed E-state index contributed by atoms with van der Waals surface area (Å²) < 4.78 is 11.2. The molecule has 0 saturated carbocycles. The Hall–Kier alpha value is -3.02. The van der Waals surface area contributed by atoms with Crippen molar-refractivity contribution in [1.29, 1.82) is 0 Å². The molecule has 30 heavy (non-hydrogen) atoms. The monoisotopic (exact) mass is 406 g/mol. The number of rotatable bonds is 4. The number of aryl methyl sites for hydroxylation is 1. The van der Waals surface area contributed by atoms with Gasteiger partial charge in [0.25, 0.3) is 0 Å². The molecule has 3 aliphatic rings. The summed E-state index contributed by atoms with van der Waals surface area (Å²) >= 11 is 0. The van der Waals surface area contributed by atoms with Crippen LogP contribution >= 0.6 is 0 Å². The van der Waals surface area contributed by atoms with Crippen LogP contribution in [0.5, 0.6) is 11.5 Å². The molecule has 2 aliphatic heterocycles. The minimum absolute atomic E-state index is 0.0326. The predicted octanol–water partition coefficient (Wildman–Crippen LogP) is 3.05. The molecule has 1 aliphatic carbocycles. The zero-order chi connectivity index (χ0) is 20.5. The van der Waals surface area contributed by atoms with Crippen molar-refractivity contribution in [3.8, 4) is 11.5 Å². The molecule has 0 aromatic heterocycles. The van der Waals surface area contributed by atoms with E-state index in [0.717, 1.165) is 24.9 Å². The molecule has 156 valence electrons. The third kappa shape index (κ3) is 3.62. The van der Waals surface area contributed by atoms with Crippen molar-refractivity contribution in [2.75, 3.05) is 31.2 Å². The van der Waals surface area contributed by atoms with Gasteiger partial charge in [0.2, 0.25) is 11.8 Å². The highest BCUT2D eigenvalue weighted by Crippen LogP contribution is 2.36. The van der Waals surface area contributed by atoms with Crippen molar-refractivity contribution in [3.05, 3.63) is 53.6 Å². The summed E-state index contributed by atoms with van der Waals surface area (Å²) in [4.78, 5) is 27.1. The van der Waals surface area contributed by atoms with Gasteiger partial charge in [-0.2, -0.15) is 0 Å². The number of fused-ring (bicyclic) bond motifs is 2. The van der Waals surface area contributed by atoms with Crippen LogP contribution in [-0.4, -0.2) is 38.1 Å². The first-order chi connectivity index (χ1) is 14.7. The lowest BCUT2D eigenvalue weighted by atomic mass is 9.83. The highest BCUT2D eigenvalue weighted by Gasteiger charge is 2.36. The fourth-order valence-electron chi connectivity index (χ4n) is 4.77. The minimum Gasteiger partial charge on any atom is -0.486 e. The number of carbonyl (C=O) groups excluding carboxylic acids is 2. The number of hydrogen-bond donors (Lipinski definition) is 1. The number of ether oxygens (including phenoxy) is 2. The standard InChI is InChI=1S/C24H26N2O4/c27-23-12-18(15-26(23)19-8-9-21-22(13-19)30-11-10-29-21)24(28)25-14-17-6-3-5-16-4-1-2-7-20(16)17/h1-2,4,7-9,13,17-18H,3,5-6,10-12,14-15H2,(H,25,28). The molecule has 1 fully saturated rings. The maximum atomic E-state index is 12.8. The maximum absolute atomic E-state index is 12.8. The van der Waals surface area contributed by atoms with Crippen LogP contribution in [0, 0.1) is 5.92 Å². The van der Waals surface area contributed by atoms with E-state index in [2.05, 4.69) is 29.6 Å². The smallest absolute Gasteiger partial charge is 0.227 e. The molecule has 2 heterocycles. The first-order valence-corrected chi connectivity index (χ1v) is 10.7. The van der Waals surface area contributed by atoms with Gasteiger partial charge in [0.1, 0.15) is 13.2 Å². The van der Waals surface area contributed by atoms with Crippen molar-refractivity contribution < 1.29 is 19.1 Å². The van der Waals surface area contributed by atoms with Crippen molar-refractivity contribution in [2.45, 2.75) is 31.6 Å². The highest BCUT2D eigenvalue weighted by atomic mass is 16.6. The van der Waals surface area contributed by atoms with Gasteiger partial charge in [0, 0.05) is 37.2 Å². The van der Waals surface area contributed by atoms with E-state index in [1.807, 2.05) is 18.2 Å². The van der Waals surface area contributed by atoms with Gasteiger partial charge in [-0.15, -0.1) is 0 Å². The van der Waals surface area contributed by atoms with E-state index in [9.17, 15) is 9.59 Å². The van der Waals surface area contributed by atoms with Crippen molar-refractivity contribution in [2.24, 2.45) is 5.92 Å². The molecule has 5 rings (SSSR count). The summed E-state index contributed by atoms with van der Waals surface area (Å²) in [5, 5.41) is 3.12. The third-order valence-electron chi connectivity index (χ3n) is 6.35. The molecule has 2 aromatic rings. The topological polar surface area (TPSA) is 67.9 Å². The summed E-state index contributed by atoms with van der Waals surface area (Å²) in [7, 11) is 0. The number of benzene rings is 2. The molecule has 2 unspecified atom stereocenters. The Morgan fingerprint density at radius 2 is 1.93 bits per heavy atom. The Labute approximate surface area is 176 Å². The van der Waals surface area contributed by atoms with E-state index < -0.39 is 0 Å². The molecule has 2 atom stereocenters. The molecular formula is C24H26N2O4. The van der Waals surface area contributed by atoms with E-state index in [-0.39, 0.29) is 24.2 Å². The van der Waals surface area contributed by atoms with Crippen LogP contribution in [0.15, 0.2) is 42.5 Å². The fourth-order valence-corrected chi connectivity index (χ4v) is 4.77. The van der Waals surface area contributed by atoms with Crippen molar-refractivity contribution >= 4 is 17.5 Å². The number of nitrogens with one attached hydrogen (secondary N) is 1. The van der Waals surface area contributed by atoms with Crippen LogP contribution in [0.2, 0.25) is 0 Å². The molecule has 0 spiro atoms. The Balaban J connectivity index is 1.22. The number of amides is 2. The van der Waals surface area contributed by atoms with Crippen LogP contribution in [0.25, 0.3) is 0 Å². The zero-order valence-electron chi connectivity index (χ0n) is 16.9. The SMILES string of the molecule is O=C(NCC1CCCc2ccccc21)C1CC(=O)N(c2ccc3c(c2)OCCO3)C1. The lowest BCUT2D eigenvalue weighted by molar-refractivity contribution is -0.126. The van der Waals surface area contributed by atoms with Crippen LogP contribution in [-0.2, 0) is 16.0 Å². The molecule has 6 nitrogen and oxygen atoms in total. The van der Waals surface area contributed by atoms with Gasteiger partial charge in [0.15, 0.2) is 11.5 Å². The number of anilines is 1. The van der Waals surface area contributed by atoms with E-state index >= 15 is 0 Å². The summed E-state index contributed by atoms with van der Waals surface area (Å²) in [6, 6.07) is 14.0. The number of nitrogens with zero attached hydrogens (tertiary/aromatic N) is 1. The van der Waals surface area contributed by atoms with Crippen molar-refractivity contribution in [3.63, 3.8) is 0 Å².